The largest absolute Gasteiger partial charge is 0.354 e. The first-order valence-electron chi connectivity index (χ1n) is 7.30. The zero-order chi connectivity index (χ0) is 13.9. The number of pyridine rings is 1. The zero-order valence-electron chi connectivity index (χ0n) is 12.0. The van der Waals surface area contributed by atoms with Gasteiger partial charge in [-0.25, -0.2) is 4.98 Å². The summed E-state index contributed by atoms with van der Waals surface area (Å²) in [5, 5.41) is 0. The SMILES string of the molecule is CC(N)Cc1c(N2CCCSCC2)nc2ccccn12. The van der Waals surface area contributed by atoms with Crippen LogP contribution in [0.4, 0.5) is 5.82 Å². The van der Waals surface area contributed by atoms with Crippen LogP contribution in [0.3, 0.4) is 0 Å². The Morgan fingerprint density at radius 1 is 1.35 bits per heavy atom. The average Bonchev–Trinajstić information content (AvgIpc) is 2.64. The lowest BCUT2D eigenvalue weighted by Crippen LogP contribution is -2.28. The minimum absolute atomic E-state index is 0.148. The molecule has 0 aromatic carbocycles. The van der Waals surface area contributed by atoms with E-state index in [0.29, 0.717) is 0 Å². The molecule has 4 nitrogen and oxygen atoms in total. The fourth-order valence-corrected chi connectivity index (χ4v) is 3.63. The van der Waals surface area contributed by atoms with Crippen LogP contribution in [0.1, 0.15) is 19.0 Å². The molecule has 2 aromatic rings. The lowest BCUT2D eigenvalue weighted by Gasteiger charge is -2.21. The van der Waals surface area contributed by atoms with Gasteiger partial charge in [0, 0.05) is 37.5 Å². The summed E-state index contributed by atoms with van der Waals surface area (Å²) in [7, 11) is 0. The van der Waals surface area contributed by atoms with Gasteiger partial charge in [0.2, 0.25) is 0 Å². The van der Waals surface area contributed by atoms with Crippen LogP contribution in [0, 0.1) is 0 Å². The number of thioether (sulfide) groups is 1. The van der Waals surface area contributed by atoms with Crippen LogP contribution < -0.4 is 10.6 Å². The average molecular weight is 290 g/mol. The normalized spacial score (nSPS) is 18.2. The first kappa shape index (κ1) is 13.8. The summed E-state index contributed by atoms with van der Waals surface area (Å²) in [5.74, 6) is 3.58. The van der Waals surface area contributed by atoms with Gasteiger partial charge >= 0.3 is 0 Å². The smallest absolute Gasteiger partial charge is 0.151 e. The number of imidazole rings is 1. The Morgan fingerprint density at radius 2 is 2.25 bits per heavy atom. The monoisotopic (exact) mass is 290 g/mol. The molecule has 0 radical (unpaired) electrons. The number of hydrogen-bond acceptors (Lipinski definition) is 4. The third kappa shape index (κ3) is 2.79. The molecule has 5 heteroatoms. The molecule has 1 aliphatic heterocycles. The quantitative estimate of drug-likeness (QED) is 0.941. The van der Waals surface area contributed by atoms with Gasteiger partial charge in [0.05, 0.1) is 5.69 Å². The molecular weight excluding hydrogens is 268 g/mol. The van der Waals surface area contributed by atoms with Crippen molar-refractivity contribution in [1.29, 1.82) is 0 Å². The second kappa shape index (κ2) is 6.06. The van der Waals surface area contributed by atoms with E-state index in [9.17, 15) is 0 Å². The van der Waals surface area contributed by atoms with Crippen LogP contribution in [0.15, 0.2) is 24.4 Å². The number of anilines is 1. The van der Waals surface area contributed by atoms with Gasteiger partial charge in [0.1, 0.15) is 5.65 Å². The van der Waals surface area contributed by atoms with Crippen molar-refractivity contribution in [1.82, 2.24) is 9.38 Å². The summed E-state index contributed by atoms with van der Waals surface area (Å²) in [5.41, 5.74) is 8.32. The van der Waals surface area contributed by atoms with Crippen molar-refractivity contribution in [2.24, 2.45) is 5.73 Å². The summed E-state index contributed by atoms with van der Waals surface area (Å²) < 4.78 is 2.19. The van der Waals surface area contributed by atoms with Gasteiger partial charge < -0.3 is 15.0 Å². The summed E-state index contributed by atoms with van der Waals surface area (Å²) in [6.07, 6.45) is 4.19. The number of aromatic nitrogens is 2. The van der Waals surface area contributed by atoms with Crippen molar-refractivity contribution in [3.8, 4) is 0 Å². The van der Waals surface area contributed by atoms with Crippen molar-refractivity contribution < 1.29 is 0 Å². The van der Waals surface area contributed by atoms with Gasteiger partial charge in [-0.1, -0.05) is 6.07 Å². The maximum atomic E-state index is 6.04. The van der Waals surface area contributed by atoms with Crippen molar-refractivity contribution in [2.75, 3.05) is 29.5 Å². The standard InChI is InChI=1S/C15H22N4S/c1-12(16)11-13-15(18-6-4-9-20-10-8-18)17-14-5-2-3-7-19(13)14/h2-3,5,7,12H,4,6,8-11,16H2,1H3. The first-order valence-corrected chi connectivity index (χ1v) is 8.45. The van der Waals surface area contributed by atoms with Crippen LogP contribution in [0.2, 0.25) is 0 Å². The summed E-state index contributed by atoms with van der Waals surface area (Å²) in [6, 6.07) is 6.32. The molecule has 2 aromatic heterocycles. The van der Waals surface area contributed by atoms with Crippen LogP contribution in [0.5, 0.6) is 0 Å². The van der Waals surface area contributed by atoms with Crippen molar-refractivity contribution in [2.45, 2.75) is 25.8 Å². The van der Waals surface area contributed by atoms with Crippen LogP contribution in [0.25, 0.3) is 5.65 Å². The van der Waals surface area contributed by atoms with Gasteiger partial charge in [0.25, 0.3) is 0 Å². The maximum Gasteiger partial charge on any atom is 0.151 e. The third-order valence-electron chi connectivity index (χ3n) is 3.64. The summed E-state index contributed by atoms with van der Waals surface area (Å²) in [4.78, 5) is 7.29. The number of fused-ring (bicyclic) bond motifs is 1. The van der Waals surface area contributed by atoms with E-state index in [1.165, 1.54) is 23.6 Å². The molecular formula is C15H22N4S. The molecule has 1 unspecified atom stereocenters. The molecule has 3 heterocycles. The molecule has 0 saturated carbocycles. The highest BCUT2D eigenvalue weighted by Crippen LogP contribution is 2.25. The summed E-state index contributed by atoms with van der Waals surface area (Å²) in [6.45, 7) is 4.24. The van der Waals surface area contributed by atoms with E-state index in [0.717, 1.165) is 31.0 Å². The van der Waals surface area contributed by atoms with Crippen molar-refractivity contribution in [3.05, 3.63) is 30.1 Å². The molecule has 20 heavy (non-hydrogen) atoms. The minimum atomic E-state index is 0.148. The number of nitrogens with zero attached hydrogens (tertiary/aromatic N) is 3. The summed E-state index contributed by atoms with van der Waals surface area (Å²) >= 11 is 2.04. The highest BCUT2D eigenvalue weighted by atomic mass is 32.2. The molecule has 1 atom stereocenters. The number of rotatable bonds is 3. The van der Waals surface area contributed by atoms with Gasteiger partial charge in [-0.05, 0) is 31.2 Å². The van der Waals surface area contributed by atoms with Crippen LogP contribution in [-0.4, -0.2) is 40.0 Å². The minimum Gasteiger partial charge on any atom is -0.354 e. The molecule has 3 rings (SSSR count). The highest BCUT2D eigenvalue weighted by Gasteiger charge is 2.20. The van der Waals surface area contributed by atoms with Crippen LogP contribution >= 0.6 is 11.8 Å². The number of nitrogens with two attached hydrogens (primary N) is 1. The topological polar surface area (TPSA) is 46.6 Å². The van der Waals surface area contributed by atoms with E-state index in [1.807, 2.05) is 17.8 Å². The highest BCUT2D eigenvalue weighted by molar-refractivity contribution is 7.99. The van der Waals surface area contributed by atoms with E-state index in [-0.39, 0.29) is 6.04 Å². The fourth-order valence-electron chi connectivity index (χ4n) is 2.74. The predicted octanol–water partition coefficient (Wildman–Crippen LogP) is 2.17. The van der Waals surface area contributed by atoms with Gasteiger partial charge in [-0.15, -0.1) is 0 Å². The Hall–Kier alpha value is -1.20. The van der Waals surface area contributed by atoms with Crippen LogP contribution in [-0.2, 0) is 6.42 Å². The molecule has 0 amide bonds. The van der Waals surface area contributed by atoms with Gasteiger partial charge in [-0.3, -0.25) is 0 Å². The van der Waals surface area contributed by atoms with Gasteiger partial charge in [0.15, 0.2) is 5.82 Å². The Balaban J connectivity index is 2.03. The molecule has 0 aliphatic carbocycles. The molecule has 1 fully saturated rings. The molecule has 108 valence electrons. The second-order valence-electron chi connectivity index (χ2n) is 5.45. The number of hydrogen-bond donors (Lipinski definition) is 1. The Labute approximate surface area is 124 Å². The van der Waals surface area contributed by atoms with Crippen molar-refractivity contribution in [3.63, 3.8) is 0 Å². The second-order valence-corrected chi connectivity index (χ2v) is 6.67. The van der Waals surface area contributed by atoms with Crippen molar-refractivity contribution >= 4 is 23.2 Å². The van der Waals surface area contributed by atoms with E-state index < -0.39 is 0 Å². The molecule has 2 N–H and O–H groups in total. The lowest BCUT2D eigenvalue weighted by atomic mass is 10.2. The van der Waals surface area contributed by atoms with Gasteiger partial charge in [-0.2, -0.15) is 11.8 Å². The predicted molar refractivity (Wildman–Crippen MR) is 86.7 cm³/mol. The zero-order valence-corrected chi connectivity index (χ0v) is 12.8. The third-order valence-corrected chi connectivity index (χ3v) is 4.69. The Bertz CT molecular complexity index is 570. The maximum absolute atomic E-state index is 6.04. The van der Waals surface area contributed by atoms with E-state index in [2.05, 4.69) is 34.6 Å². The first-order chi connectivity index (χ1) is 9.75. The molecule has 0 bridgehead atoms. The fraction of sp³-hybridized carbons (Fsp3) is 0.533. The molecule has 0 spiro atoms. The van der Waals surface area contributed by atoms with E-state index >= 15 is 0 Å². The van der Waals surface area contributed by atoms with E-state index in [1.54, 1.807) is 0 Å². The Kier molecular flexibility index (Phi) is 4.17. The van der Waals surface area contributed by atoms with E-state index in [4.69, 9.17) is 10.7 Å². The molecule has 1 aliphatic rings. The lowest BCUT2D eigenvalue weighted by molar-refractivity contribution is 0.708. The Morgan fingerprint density at radius 3 is 3.10 bits per heavy atom. The molecule has 1 saturated heterocycles.